The molecule has 2 unspecified atom stereocenters. The van der Waals surface area contributed by atoms with Crippen LogP contribution >= 0.6 is 7.60 Å². The molecule has 0 saturated heterocycles. The van der Waals surface area contributed by atoms with Gasteiger partial charge in [-0.1, -0.05) is 182 Å². The van der Waals surface area contributed by atoms with Gasteiger partial charge in [-0.2, -0.15) is 0 Å². The number of rotatable bonds is 41. The highest BCUT2D eigenvalue weighted by Gasteiger charge is 2.29. The summed E-state index contributed by atoms with van der Waals surface area (Å²) in [6.07, 6.45) is 28.1. The van der Waals surface area contributed by atoms with E-state index in [4.69, 9.17) is 9.05 Å². The molecule has 0 aliphatic carbocycles. The quantitative estimate of drug-likeness (QED) is 0.0465. The summed E-state index contributed by atoms with van der Waals surface area (Å²) >= 11 is 0. The highest BCUT2D eigenvalue weighted by Crippen LogP contribution is 2.49. The molecule has 0 aliphatic rings. The fourth-order valence-electron chi connectivity index (χ4n) is 6.39. The van der Waals surface area contributed by atoms with E-state index in [2.05, 4.69) is 37.1 Å². The number of unbranched alkanes of at least 4 members (excludes halogenated alkanes) is 21. The van der Waals surface area contributed by atoms with Gasteiger partial charge in [0.15, 0.2) is 0 Å². The molecule has 12 heteroatoms. The summed E-state index contributed by atoms with van der Waals surface area (Å²) in [5.41, 5.74) is 0. The maximum absolute atomic E-state index is 14.1. The van der Waals surface area contributed by atoms with Crippen LogP contribution in [0.2, 0.25) is 0 Å². The van der Waals surface area contributed by atoms with Crippen molar-refractivity contribution in [3.8, 4) is 0 Å². The minimum atomic E-state index is -3.62. The molecule has 0 aromatic heterocycles. The molecule has 0 rings (SSSR count). The van der Waals surface area contributed by atoms with Crippen molar-refractivity contribution in [3.63, 3.8) is 0 Å². The van der Waals surface area contributed by atoms with Crippen LogP contribution in [0.1, 0.15) is 214 Å². The van der Waals surface area contributed by atoms with E-state index < -0.39 is 39.7 Å². The molecule has 314 valence electrons. The summed E-state index contributed by atoms with van der Waals surface area (Å²) in [6, 6.07) is -0.992. The van der Waals surface area contributed by atoms with Crippen LogP contribution in [0.25, 0.3) is 0 Å². The molecule has 0 aliphatic heterocycles. The van der Waals surface area contributed by atoms with Gasteiger partial charge in [0, 0.05) is 12.1 Å². The zero-order valence-electron chi connectivity index (χ0n) is 34.6. The Hall–Kier alpha value is -0.0300. The predicted octanol–water partition coefficient (Wildman–Crippen LogP) is 11.8. The van der Waals surface area contributed by atoms with Crippen molar-refractivity contribution >= 4 is 27.6 Å². The van der Waals surface area contributed by atoms with Crippen LogP contribution in [-0.4, -0.2) is 59.8 Å². The molecule has 0 saturated carbocycles. The zero-order chi connectivity index (χ0) is 38.8. The first kappa shape index (κ1) is 52.0. The molecule has 9 nitrogen and oxygen atoms in total. The molecular formula is C40H85N2O7PS2. The van der Waals surface area contributed by atoms with Crippen molar-refractivity contribution in [1.82, 2.24) is 9.44 Å². The van der Waals surface area contributed by atoms with Gasteiger partial charge in [-0.3, -0.25) is 4.57 Å². The number of sulfonamides is 2. The third-order valence-corrected chi connectivity index (χ3v) is 14.8. The summed E-state index contributed by atoms with van der Waals surface area (Å²) in [4.78, 5) is 0. The Kier molecular flexibility index (Phi) is 34.2. The lowest BCUT2D eigenvalue weighted by Crippen LogP contribution is -2.40. The largest absolute Gasteiger partial charge is 0.330 e. The van der Waals surface area contributed by atoms with Crippen molar-refractivity contribution in [3.05, 3.63) is 0 Å². The topological polar surface area (TPSA) is 128 Å². The third-order valence-electron chi connectivity index (χ3n) is 9.77. The van der Waals surface area contributed by atoms with E-state index in [0.29, 0.717) is 32.1 Å². The van der Waals surface area contributed by atoms with Gasteiger partial charge in [-0.15, -0.1) is 0 Å². The minimum Gasteiger partial charge on any atom is -0.307 e. The van der Waals surface area contributed by atoms with Crippen molar-refractivity contribution in [2.75, 3.05) is 30.9 Å². The first-order valence-corrected chi connectivity index (χ1v) is 26.9. The van der Waals surface area contributed by atoms with Crippen molar-refractivity contribution in [1.29, 1.82) is 0 Å². The Morgan fingerprint density at radius 2 is 0.712 bits per heavy atom. The minimum absolute atomic E-state index is 0.0326. The molecule has 0 aromatic carbocycles. The van der Waals surface area contributed by atoms with Crippen LogP contribution in [0.3, 0.4) is 0 Å². The number of hydrogen-bond acceptors (Lipinski definition) is 7. The van der Waals surface area contributed by atoms with Gasteiger partial charge >= 0.3 is 7.60 Å². The van der Waals surface area contributed by atoms with E-state index in [1.165, 1.54) is 51.4 Å². The molecule has 0 heterocycles. The summed E-state index contributed by atoms with van der Waals surface area (Å²) in [5.74, 6) is 0.159. The lowest BCUT2D eigenvalue weighted by atomic mass is 10.1. The van der Waals surface area contributed by atoms with E-state index in [1.807, 2.05) is 6.92 Å². The Morgan fingerprint density at radius 1 is 0.423 bits per heavy atom. The Labute approximate surface area is 323 Å². The average Bonchev–Trinajstić information content (AvgIpc) is 3.11. The monoisotopic (exact) mass is 801 g/mol. The molecule has 0 aromatic rings. The molecule has 2 N–H and O–H groups in total. The second-order valence-corrected chi connectivity index (χ2v) is 21.1. The lowest BCUT2D eigenvalue weighted by Gasteiger charge is -2.26. The highest BCUT2D eigenvalue weighted by atomic mass is 32.2. The van der Waals surface area contributed by atoms with Crippen LogP contribution < -0.4 is 9.44 Å². The van der Waals surface area contributed by atoms with E-state index in [9.17, 15) is 21.4 Å². The van der Waals surface area contributed by atoms with Gasteiger partial charge < -0.3 is 9.05 Å². The summed E-state index contributed by atoms with van der Waals surface area (Å²) in [6.45, 7) is 10.6. The second-order valence-electron chi connectivity index (χ2n) is 15.2. The van der Waals surface area contributed by atoms with E-state index >= 15 is 0 Å². The molecule has 0 amide bonds. The maximum Gasteiger partial charge on any atom is 0.330 e. The van der Waals surface area contributed by atoms with Crippen LogP contribution in [-0.2, 0) is 33.7 Å². The third kappa shape index (κ3) is 32.2. The first-order chi connectivity index (χ1) is 25.0. The van der Waals surface area contributed by atoms with Crippen molar-refractivity contribution in [2.24, 2.45) is 0 Å². The SMILES string of the molecule is CCCCCCCCCCS(=O)(=O)NC(CCCCCC)COP(=O)(CCCC)OCC(CCCCCC)NS(=O)(=O)CCCCCCCCCC. The van der Waals surface area contributed by atoms with E-state index in [0.717, 1.165) is 96.3 Å². The summed E-state index contributed by atoms with van der Waals surface area (Å²) < 4.78 is 84.5. The van der Waals surface area contributed by atoms with Gasteiger partial charge in [0.2, 0.25) is 20.0 Å². The molecule has 0 fully saturated rings. The van der Waals surface area contributed by atoms with Gasteiger partial charge in [-0.05, 0) is 32.1 Å². The normalized spacial score (nSPS) is 14.8. The van der Waals surface area contributed by atoms with Crippen LogP contribution in [0.4, 0.5) is 0 Å². The molecule has 0 bridgehead atoms. The fourth-order valence-corrected chi connectivity index (χ4v) is 11.0. The Bertz CT molecular complexity index is 984. The van der Waals surface area contributed by atoms with Crippen molar-refractivity contribution < 1.29 is 30.4 Å². The molecule has 0 radical (unpaired) electrons. The Morgan fingerprint density at radius 3 is 1.04 bits per heavy atom. The van der Waals surface area contributed by atoms with Crippen LogP contribution in [0, 0.1) is 0 Å². The van der Waals surface area contributed by atoms with Crippen LogP contribution in [0.15, 0.2) is 0 Å². The average molecular weight is 801 g/mol. The molecule has 52 heavy (non-hydrogen) atoms. The van der Waals surface area contributed by atoms with Gasteiger partial charge in [0.25, 0.3) is 0 Å². The zero-order valence-corrected chi connectivity index (χ0v) is 37.1. The predicted molar refractivity (Wildman–Crippen MR) is 223 cm³/mol. The highest BCUT2D eigenvalue weighted by molar-refractivity contribution is 7.89. The number of nitrogens with one attached hydrogen (secondary N) is 2. The van der Waals surface area contributed by atoms with E-state index in [-0.39, 0.29) is 30.9 Å². The summed E-state index contributed by atoms with van der Waals surface area (Å²) in [5, 5.41) is 0. The maximum atomic E-state index is 14.1. The van der Waals surface area contributed by atoms with Gasteiger partial charge in [0.05, 0.1) is 30.9 Å². The lowest BCUT2D eigenvalue weighted by molar-refractivity contribution is 0.175. The number of hydrogen-bond donors (Lipinski definition) is 2. The second kappa shape index (κ2) is 34.2. The standard InChI is InChI=1S/C40H85N2O7PS2/c1-6-11-16-20-22-24-26-30-35-51(44,45)41-39(32-28-18-13-8-3)37-48-50(43,34-15-10-5)49-38-40(33-29-19-14-9-4)42-52(46,47)36-31-27-25-23-21-17-12-7-2/h39-42H,6-38H2,1-5H3. The molecular weight excluding hydrogens is 716 g/mol. The Balaban J connectivity index is 5.41. The molecule has 2 atom stereocenters. The van der Waals surface area contributed by atoms with Crippen LogP contribution in [0.5, 0.6) is 0 Å². The van der Waals surface area contributed by atoms with E-state index in [1.54, 1.807) is 0 Å². The first-order valence-electron chi connectivity index (χ1n) is 21.8. The fraction of sp³-hybridized carbons (Fsp3) is 1.00. The smallest absolute Gasteiger partial charge is 0.307 e. The van der Waals surface area contributed by atoms with Crippen molar-refractivity contribution in [2.45, 2.75) is 226 Å². The van der Waals surface area contributed by atoms with Gasteiger partial charge in [-0.25, -0.2) is 26.3 Å². The summed E-state index contributed by atoms with van der Waals surface area (Å²) in [7, 11) is -10.7. The van der Waals surface area contributed by atoms with Gasteiger partial charge in [0.1, 0.15) is 0 Å². The molecule has 0 spiro atoms.